The second-order valence-electron chi connectivity index (χ2n) is 7.15. The van der Waals surface area contributed by atoms with Crippen LogP contribution in [0.3, 0.4) is 0 Å². The molecular weight excluding hydrogens is 375 g/mol. The molecule has 0 saturated carbocycles. The average Bonchev–Trinajstić information content (AvgIpc) is 3.06. The molecule has 28 heavy (non-hydrogen) atoms. The molecule has 0 spiro atoms. The predicted octanol–water partition coefficient (Wildman–Crippen LogP) is 4.29. The normalized spacial score (nSPS) is 15.2. The molecule has 0 aliphatic carbocycles. The Labute approximate surface area is 167 Å². The fraction of sp³-hybridized carbons (Fsp3) is 0.318. The van der Waals surface area contributed by atoms with Crippen molar-refractivity contribution in [1.82, 2.24) is 9.97 Å². The van der Waals surface area contributed by atoms with E-state index in [1.165, 1.54) is 5.56 Å². The zero-order valence-corrected chi connectivity index (χ0v) is 16.7. The van der Waals surface area contributed by atoms with Crippen LogP contribution in [0.4, 0.5) is 4.39 Å². The number of aromatic nitrogens is 2. The minimum Gasteiger partial charge on any atom is -0.378 e. The number of aryl methyl sites for hydroxylation is 2. The van der Waals surface area contributed by atoms with E-state index in [0.717, 1.165) is 46.3 Å². The number of ketones is 1. The van der Waals surface area contributed by atoms with Crippen molar-refractivity contribution in [3.8, 4) is 11.1 Å². The zero-order valence-electron chi connectivity index (χ0n) is 15.9. The highest BCUT2D eigenvalue weighted by molar-refractivity contribution is 7.10. The van der Waals surface area contributed by atoms with Gasteiger partial charge in [0.1, 0.15) is 10.4 Å². The Morgan fingerprint density at radius 1 is 1.21 bits per heavy atom. The Bertz CT molecular complexity index is 1010. The summed E-state index contributed by atoms with van der Waals surface area (Å²) in [4.78, 5) is 21.4. The highest BCUT2D eigenvalue weighted by Crippen LogP contribution is 2.36. The number of ether oxygens (including phenoxy) is 1. The number of carbonyl (C=O) groups excluding carboxylic acids is 1. The number of rotatable bonds is 6. The van der Waals surface area contributed by atoms with Crippen molar-refractivity contribution in [1.29, 1.82) is 0 Å². The van der Waals surface area contributed by atoms with E-state index in [9.17, 15) is 9.18 Å². The van der Waals surface area contributed by atoms with Crippen LogP contribution in [0, 0.1) is 12.1 Å². The van der Waals surface area contributed by atoms with Crippen LogP contribution in [-0.2, 0) is 27.8 Å². The number of thiazole rings is 1. The molecule has 1 fully saturated rings. The summed E-state index contributed by atoms with van der Waals surface area (Å²) >= 11 is 0.921. The molecule has 2 aromatic heterocycles. The van der Waals surface area contributed by atoms with Gasteiger partial charge < -0.3 is 4.74 Å². The van der Waals surface area contributed by atoms with Gasteiger partial charge in [-0.05, 0) is 36.1 Å². The summed E-state index contributed by atoms with van der Waals surface area (Å²) in [5, 5.41) is 0.133. The molecule has 0 atom stereocenters. The highest BCUT2D eigenvalue weighted by Gasteiger charge is 2.47. The van der Waals surface area contributed by atoms with E-state index < -0.39 is 5.41 Å². The van der Waals surface area contributed by atoms with Crippen molar-refractivity contribution in [2.45, 2.75) is 32.1 Å². The molecule has 1 aliphatic heterocycles. The minimum absolute atomic E-state index is 0.0205. The standard InChI is InChI=1S/C22H21FN2O2S/c1-3-15-8-14(2)24-10-18(15)16-4-6-17(7-5-16)22(12-27-13-22)19(26)9-21-25-11-20(23)28-21/h4-8,10-11H,3,9,12-13H2,1-2H3. The van der Waals surface area contributed by atoms with Gasteiger partial charge in [0.2, 0.25) is 0 Å². The van der Waals surface area contributed by atoms with Crippen molar-refractivity contribution in [3.05, 3.63) is 69.7 Å². The maximum atomic E-state index is 13.2. The molecule has 0 N–H and O–H groups in total. The molecule has 0 amide bonds. The smallest absolute Gasteiger partial charge is 0.196 e. The first-order chi connectivity index (χ1) is 13.5. The second kappa shape index (κ2) is 7.53. The van der Waals surface area contributed by atoms with Crippen LogP contribution < -0.4 is 0 Å². The quantitative estimate of drug-likeness (QED) is 0.624. The van der Waals surface area contributed by atoms with Crippen LogP contribution in [0.1, 0.15) is 28.8 Å². The Morgan fingerprint density at radius 3 is 2.54 bits per heavy atom. The van der Waals surface area contributed by atoms with Crippen LogP contribution in [0.5, 0.6) is 0 Å². The lowest BCUT2D eigenvalue weighted by Gasteiger charge is -2.40. The monoisotopic (exact) mass is 396 g/mol. The van der Waals surface area contributed by atoms with Gasteiger partial charge in [-0.1, -0.05) is 42.5 Å². The maximum absolute atomic E-state index is 13.2. The molecule has 1 saturated heterocycles. The van der Waals surface area contributed by atoms with Gasteiger partial charge in [0.05, 0.1) is 25.8 Å². The van der Waals surface area contributed by atoms with Crippen LogP contribution in [0.15, 0.2) is 42.7 Å². The average molecular weight is 396 g/mol. The largest absolute Gasteiger partial charge is 0.378 e. The molecule has 6 heteroatoms. The van der Waals surface area contributed by atoms with Crippen LogP contribution in [0.25, 0.3) is 11.1 Å². The molecule has 1 aromatic carbocycles. The third-order valence-corrected chi connectivity index (χ3v) is 6.11. The van der Waals surface area contributed by atoms with Gasteiger partial charge in [-0.2, -0.15) is 4.39 Å². The summed E-state index contributed by atoms with van der Waals surface area (Å²) in [5.74, 6) is 0.0205. The molecule has 144 valence electrons. The Kier molecular flexibility index (Phi) is 5.08. The van der Waals surface area contributed by atoms with Crippen LogP contribution >= 0.6 is 11.3 Å². The van der Waals surface area contributed by atoms with E-state index in [1.54, 1.807) is 0 Å². The number of hydrogen-bond donors (Lipinski definition) is 0. The number of nitrogens with zero attached hydrogens (tertiary/aromatic N) is 2. The van der Waals surface area contributed by atoms with Crippen LogP contribution in [0.2, 0.25) is 0 Å². The van der Waals surface area contributed by atoms with Crippen molar-refractivity contribution in [2.75, 3.05) is 13.2 Å². The molecular formula is C22H21FN2O2S. The molecule has 0 unspecified atom stereocenters. The minimum atomic E-state index is -0.667. The van der Waals surface area contributed by atoms with Gasteiger partial charge in [-0.15, -0.1) is 0 Å². The van der Waals surface area contributed by atoms with E-state index in [4.69, 9.17) is 4.74 Å². The molecule has 0 radical (unpaired) electrons. The van der Waals surface area contributed by atoms with E-state index in [2.05, 4.69) is 23.0 Å². The summed E-state index contributed by atoms with van der Waals surface area (Å²) in [6, 6.07) is 10.2. The third-order valence-electron chi connectivity index (χ3n) is 5.32. The molecule has 3 heterocycles. The maximum Gasteiger partial charge on any atom is 0.196 e. The molecule has 1 aliphatic rings. The van der Waals surface area contributed by atoms with E-state index >= 15 is 0 Å². The number of Topliss-reactive ketones (excluding diaryl/α,β-unsaturated/α-hetero) is 1. The lowest BCUT2D eigenvalue weighted by atomic mass is 9.73. The summed E-state index contributed by atoms with van der Waals surface area (Å²) in [7, 11) is 0. The fourth-order valence-electron chi connectivity index (χ4n) is 3.61. The van der Waals surface area contributed by atoms with E-state index in [-0.39, 0.29) is 17.3 Å². The molecule has 4 nitrogen and oxygen atoms in total. The Hall–Kier alpha value is -2.44. The third kappa shape index (κ3) is 3.38. The van der Waals surface area contributed by atoms with Gasteiger partial charge in [0.25, 0.3) is 0 Å². The Balaban J connectivity index is 1.61. The number of hydrogen-bond acceptors (Lipinski definition) is 5. The molecule has 0 bridgehead atoms. The highest BCUT2D eigenvalue weighted by atomic mass is 32.1. The van der Waals surface area contributed by atoms with Crippen molar-refractivity contribution < 1.29 is 13.9 Å². The van der Waals surface area contributed by atoms with Gasteiger partial charge >= 0.3 is 0 Å². The first-order valence-electron chi connectivity index (χ1n) is 9.29. The predicted molar refractivity (Wildman–Crippen MR) is 107 cm³/mol. The Morgan fingerprint density at radius 2 is 1.96 bits per heavy atom. The van der Waals surface area contributed by atoms with Crippen molar-refractivity contribution in [2.24, 2.45) is 0 Å². The lowest BCUT2D eigenvalue weighted by Crippen LogP contribution is -2.53. The van der Waals surface area contributed by atoms with Gasteiger partial charge in [-0.25, -0.2) is 4.98 Å². The number of pyridine rings is 1. The SMILES string of the molecule is CCc1cc(C)ncc1-c1ccc(C2(C(=O)Cc3ncc(F)s3)COC2)cc1. The first kappa shape index (κ1) is 18.9. The summed E-state index contributed by atoms with van der Waals surface area (Å²) < 4.78 is 18.6. The van der Waals surface area contributed by atoms with E-state index in [0.29, 0.717) is 18.2 Å². The number of halogens is 1. The zero-order chi connectivity index (χ0) is 19.7. The topological polar surface area (TPSA) is 52.1 Å². The summed E-state index contributed by atoms with van der Waals surface area (Å²) in [5.41, 5.74) is 4.72. The number of benzene rings is 1. The molecule has 4 rings (SSSR count). The van der Waals surface area contributed by atoms with Gasteiger partial charge in [-0.3, -0.25) is 9.78 Å². The summed E-state index contributed by atoms with van der Waals surface area (Å²) in [6.07, 6.45) is 4.13. The van der Waals surface area contributed by atoms with Crippen LogP contribution in [-0.4, -0.2) is 29.0 Å². The van der Waals surface area contributed by atoms with Crippen molar-refractivity contribution >= 4 is 17.1 Å². The van der Waals surface area contributed by atoms with Crippen molar-refractivity contribution in [3.63, 3.8) is 0 Å². The number of carbonyl (C=O) groups is 1. The molecule has 3 aromatic rings. The van der Waals surface area contributed by atoms with Gasteiger partial charge in [0.15, 0.2) is 10.9 Å². The lowest BCUT2D eigenvalue weighted by molar-refractivity contribution is -0.142. The fourth-order valence-corrected chi connectivity index (χ4v) is 4.25. The first-order valence-corrected chi connectivity index (χ1v) is 10.1. The summed E-state index contributed by atoms with van der Waals surface area (Å²) in [6.45, 7) is 4.83. The van der Waals surface area contributed by atoms with Gasteiger partial charge in [0, 0.05) is 17.5 Å². The second-order valence-corrected chi connectivity index (χ2v) is 8.21. The van der Waals surface area contributed by atoms with E-state index in [1.807, 2.05) is 37.4 Å².